The lowest BCUT2D eigenvalue weighted by atomic mass is 10.1. The minimum atomic E-state index is -0.240. The zero-order valence-corrected chi connectivity index (χ0v) is 16.7. The molecule has 0 radical (unpaired) electrons. The topological polar surface area (TPSA) is 85.4 Å². The van der Waals surface area contributed by atoms with Gasteiger partial charge in [-0.05, 0) is 42.7 Å². The van der Waals surface area contributed by atoms with Crippen LogP contribution < -0.4 is 20.1 Å². The van der Waals surface area contributed by atoms with Gasteiger partial charge in [0.05, 0.1) is 19.8 Å². The van der Waals surface area contributed by atoms with Crippen LogP contribution in [0.5, 0.6) is 11.5 Å². The number of aryl methyl sites for hydroxylation is 1. The fourth-order valence-electron chi connectivity index (χ4n) is 2.80. The van der Waals surface area contributed by atoms with Gasteiger partial charge in [0.2, 0.25) is 5.95 Å². The molecule has 0 aliphatic rings. The Kier molecular flexibility index (Phi) is 6.63. The standard InChI is InChI=1S/C22H24N4O3/c1-15-6-4-5-7-18(15)26-21(27)17-13-24-22(25-14-17)23-11-10-16-8-9-19(28-2)20(12-16)29-3/h4-9,12-14H,10-11H2,1-3H3,(H,26,27)(H,23,24,25). The number of hydrogen-bond donors (Lipinski definition) is 2. The van der Waals surface area contributed by atoms with Gasteiger partial charge in [-0.2, -0.15) is 0 Å². The summed E-state index contributed by atoms with van der Waals surface area (Å²) in [5.41, 5.74) is 3.27. The number of ether oxygens (including phenoxy) is 2. The second kappa shape index (κ2) is 9.54. The number of carbonyl (C=O) groups is 1. The molecule has 2 aromatic carbocycles. The SMILES string of the molecule is COc1ccc(CCNc2ncc(C(=O)Nc3ccccc3C)cn2)cc1OC. The van der Waals surface area contributed by atoms with E-state index in [0.717, 1.165) is 23.2 Å². The predicted molar refractivity (Wildman–Crippen MR) is 113 cm³/mol. The highest BCUT2D eigenvalue weighted by molar-refractivity contribution is 6.04. The lowest BCUT2D eigenvalue weighted by molar-refractivity contribution is 0.102. The number of para-hydroxylation sites is 1. The number of amides is 1. The summed E-state index contributed by atoms with van der Waals surface area (Å²) in [6, 6.07) is 13.4. The lowest BCUT2D eigenvalue weighted by Gasteiger charge is -2.10. The fraction of sp³-hybridized carbons (Fsp3) is 0.227. The van der Waals surface area contributed by atoms with Crippen molar-refractivity contribution in [3.63, 3.8) is 0 Å². The van der Waals surface area contributed by atoms with Crippen LogP contribution in [0.2, 0.25) is 0 Å². The van der Waals surface area contributed by atoms with Gasteiger partial charge in [-0.3, -0.25) is 4.79 Å². The van der Waals surface area contributed by atoms with Gasteiger partial charge in [-0.1, -0.05) is 24.3 Å². The van der Waals surface area contributed by atoms with E-state index in [2.05, 4.69) is 20.6 Å². The zero-order chi connectivity index (χ0) is 20.6. The highest BCUT2D eigenvalue weighted by Crippen LogP contribution is 2.27. The molecule has 0 saturated carbocycles. The van der Waals surface area contributed by atoms with Crippen LogP contribution in [-0.4, -0.2) is 36.6 Å². The molecular formula is C22H24N4O3. The molecule has 3 aromatic rings. The maximum absolute atomic E-state index is 12.4. The predicted octanol–water partition coefficient (Wildman–Crippen LogP) is 3.71. The Morgan fingerprint density at radius 1 is 1.00 bits per heavy atom. The van der Waals surface area contributed by atoms with E-state index in [1.165, 1.54) is 12.4 Å². The van der Waals surface area contributed by atoms with Gasteiger partial charge >= 0.3 is 0 Å². The Morgan fingerprint density at radius 3 is 2.41 bits per heavy atom. The van der Waals surface area contributed by atoms with Crippen molar-refractivity contribution in [2.75, 3.05) is 31.4 Å². The quantitative estimate of drug-likeness (QED) is 0.608. The first kappa shape index (κ1) is 20.1. The molecule has 0 bridgehead atoms. The maximum atomic E-state index is 12.4. The van der Waals surface area contributed by atoms with E-state index in [9.17, 15) is 4.79 Å². The van der Waals surface area contributed by atoms with Crippen molar-refractivity contribution in [2.45, 2.75) is 13.3 Å². The monoisotopic (exact) mass is 392 g/mol. The fourth-order valence-corrected chi connectivity index (χ4v) is 2.80. The minimum absolute atomic E-state index is 0.240. The molecule has 7 heteroatoms. The average molecular weight is 392 g/mol. The van der Waals surface area contributed by atoms with Gasteiger partial charge in [0.25, 0.3) is 5.91 Å². The Hall–Kier alpha value is -3.61. The molecule has 0 aliphatic heterocycles. The number of carbonyl (C=O) groups excluding carboxylic acids is 1. The molecule has 1 heterocycles. The molecule has 0 atom stereocenters. The third kappa shape index (κ3) is 5.22. The minimum Gasteiger partial charge on any atom is -0.493 e. The summed E-state index contributed by atoms with van der Waals surface area (Å²) in [7, 11) is 3.23. The molecule has 150 valence electrons. The van der Waals surface area contributed by atoms with Crippen LogP contribution in [-0.2, 0) is 6.42 Å². The first-order valence-electron chi connectivity index (χ1n) is 9.24. The summed E-state index contributed by atoms with van der Waals surface area (Å²) in [6.07, 6.45) is 3.79. The summed E-state index contributed by atoms with van der Waals surface area (Å²) in [5, 5.41) is 6.03. The van der Waals surface area contributed by atoms with Crippen LogP contribution in [0, 0.1) is 6.92 Å². The second-order valence-corrected chi connectivity index (χ2v) is 6.43. The van der Waals surface area contributed by atoms with Crippen LogP contribution in [0.4, 0.5) is 11.6 Å². The number of hydrogen-bond acceptors (Lipinski definition) is 6. The Balaban J connectivity index is 1.54. The molecule has 1 aromatic heterocycles. The summed E-state index contributed by atoms with van der Waals surface area (Å²) in [6.45, 7) is 2.59. The number of nitrogens with one attached hydrogen (secondary N) is 2. The van der Waals surface area contributed by atoms with Crippen molar-refractivity contribution >= 4 is 17.5 Å². The van der Waals surface area contributed by atoms with E-state index in [4.69, 9.17) is 9.47 Å². The molecule has 3 rings (SSSR count). The van der Waals surface area contributed by atoms with Gasteiger partial charge in [0, 0.05) is 24.6 Å². The molecule has 7 nitrogen and oxygen atoms in total. The zero-order valence-electron chi connectivity index (χ0n) is 16.7. The number of anilines is 2. The van der Waals surface area contributed by atoms with Gasteiger partial charge in [0.15, 0.2) is 11.5 Å². The largest absolute Gasteiger partial charge is 0.493 e. The summed E-state index contributed by atoms with van der Waals surface area (Å²) in [5.74, 6) is 1.63. The lowest BCUT2D eigenvalue weighted by Crippen LogP contribution is -2.14. The van der Waals surface area contributed by atoms with Crippen LogP contribution in [0.1, 0.15) is 21.5 Å². The van der Waals surface area contributed by atoms with Crippen LogP contribution in [0.25, 0.3) is 0 Å². The van der Waals surface area contributed by atoms with Gasteiger partial charge in [-0.15, -0.1) is 0 Å². The number of nitrogens with zero attached hydrogens (tertiary/aromatic N) is 2. The van der Waals surface area contributed by atoms with E-state index in [-0.39, 0.29) is 5.91 Å². The molecule has 0 saturated heterocycles. The molecule has 29 heavy (non-hydrogen) atoms. The second-order valence-electron chi connectivity index (χ2n) is 6.43. The maximum Gasteiger partial charge on any atom is 0.258 e. The van der Waals surface area contributed by atoms with Crippen LogP contribution in [0.15, 0.2) is 54.9 Å². The van der Waals surface area contributed by atoms with Crippen molar-refractivity contribution < 1.29 is 14.3 Å². The average Bonchev–Trinajstić information content (AvgIpc) is 2.75. The van der Waals surface area contributed by atoms with Crippen molar-refractivity contribution in [3.05, 3.63) is 71.5 Å². The number of rotatable bonds is 8. The number of aromatic nitrogens is 2. The first-order chi connectivity index (χ1) is 14.1. The highest BCUT2D eigenvalue weighted by Gasteiger charge is 2.09. The summed E-state index contributed by atoms with van der Waals surface area (Å²) < 4.78 is 10.6. The molecule has 1 amide bonds. The smallest absolute Gasteiger partial charge is 0.258 e. The molecule has 0 fully saturated rings. The van der Waals surface area contributed by atoms with Gasteiger partial charge in [0.1, 0.15) is 0 Å². The van der Waals surface area contributed by atoms with E-state index < -0.39 is 0 Å². The number of methoxy groups -OCH3 is 2. The normalized spacial score (nSPS) is 10.3. The number of benzene rings is 2. The van der Waals surface area contributed by atoms with Crippen molar-refractivity contribution in [2.24, 2.45) is 0 Å². The van der Waals surface area contributed by atoms with E-state index in [1.54, 1.807) is 14.2 Å². The molecule has 2 N–H and O–H groups in total. The van der Waals surface area contributed by atoms with Crippen molar-refractivity contribution in [1.82, 2.24) is 9.97 Å². The summed E-state index contributed by atoms with van der Waals surface area (Å²) in [4.78, 5) is 20.8. The first-order valence-corrected chi connectivity index (χ1v) is 9.24. The molecule has 0 aliphatic carbocycles. The van der Waals surface area contributed by atoms with Gasteiger partial charge in [-0.25, -0.2) is 9.97 Å². The van der Waals surface area contributed by atoms with Gasteiger partial charge < -0.3 is 20.1 Å². The molecular weight excluding hydrogens is 368 g/mol. The van der Waals surface area contributed by atoms with Crippen LogP contribution >= 0.6 is 0 Å². The van der Waals surface area contributed by atoms with Crippen LogP contribution in [0.3, 0.4) is 0 Å². The third-order valence-electron chi connectivity index (χ3n) is 4.45. The van der Waals surface area contributed by atoms with E-state index >= 15 is 0 Å². The molecule has 0 spiro atoms. The third-order valence-corrected chi connectivity index (χ3v) is 4.45. The van der Waals surface area contributed by atoms with Crippen molar-refractivity contribution in [3.8, 4) is 11.5 Å². The Bertz CT molecular complexity index is 974. The van der Waals surface area contributed by atoms with Crippen molar-refractivity contribution in [1.29, 1.82) is 0 Å². The Labute approximate surface area is 170 Å². The highest BCUT2D eigenvalue weighted by atomic mass is 16.5. The van der Waals surface area contributed by atoms with E-state index in [0.29, 0.717) is 29.6 Å². The molecule has 0 unspecified atom stereocenters. The summed E-state index contributed by atoms with van der Waals surface area (Å²) >= 11 is 0. The van der Waals surface area contributed by atoms with E-state index in [1.807, 2.05) is 49.4 Å². The Morgan fingerprint density at radius 2 is 1.72 bits per heavy atom.